The van der Waals surface area contributed by atoms with E-state index in [4.69, 9.17) is 0 Å². The lowest BCUT2D eigenvalue weighted by molar-refractivity contribution is 1.21. The van der Waals surface area contributed by atoms with Crippen LogP contribution < -0.4 is 4.90 Å². The molecule has 0 aromatic heterocycles. The molecular formula is C29H23N. The van der Waals surface area contributed by atoms with E-state index in [-0.39, 0.29) is 0 Å². The molecule has 1 nitrogen and oxygen atoms in total. The van der Waals surface area contributed by atoms with Gasteiger partial charge in [0, 0.05) is 18.4 Å². The van der Waals surface area contributed by atoms with Gasteiger partial charge in [-0.3, -0.25) is 0 Å². The molecule has 0 heterocycles. The van der Waals surface area contributed by atoms with Crippen LogP contribution in [-0.4, -0.2) is 7.05 Å². The Kier molecular flexibility index (Phi) is 4.78. The monoisotopic (exact) mass is 385 g/mol. The summed E-state index contributed by atoms with van der Waals surface area (Å²) in [5, 5.41) is 2.55. The summed E-state index contributed by atoms with van der Waals surface area (Å²) in [5.41, 5.74) is 7.32. The van der Waals surface area contributed by atoms with E-state index in [2.05, 4.69) is 133 Å². The zero-order valence-electron chi connectivity index (χ0n) is 17.0. The summed E-state index contributed by atoms with van der Waals surface area (Å²) in [5.74, 6) is 0. The Labute approximate surface area is 177 Å². The molecule has 5 aromatic carbocycles. The van der Waals surface area contributed by atoms with Gasteiger partial charge in [-0.2, -0.15) is 0 Å². The van der Waals surface area contributed by atoms with E-state index >= 15 is 0 Å². The maximum Gasteiger partial charge on any atom is 0.0414 e. The Morgan fingerprint density at radius 2 is 1.10 bits per heavy atom. The molecule has 0 aliphatic rings. The van der Waals surface area contributed by atoms with Crippen molar-refractivity contribution in [1.82, 2.24) is 0 Å². The first-order chi connectivity index (χ1) is 14.8. The van der Waals surface area contributed by atoms with Crippen molar-refractivity contribution in [2.75, 3.05) is 11.9 Å². The lowest BCUT2D eigenvalue weighted by atomic mass is 9.98. The van der Waals surface area contributed by atoms with Crippen molar-refractivity contribution < 1.29 is 0 Å². The number of benzene rings is 5. The van der Waals surface area contributed by atoms with Crippen LogP contribution in [0.3, 0.4) is 0 Å². The van der Waals surface area contributed by atoms with Crippen molar-refractivity contribution in [3.8, 4) is 22.3 Å². The molecule has 0 fully saturated rings. The molecule has 0 spiro atoms. The fourth-order valence-corrected chi connectivity index (χ4v) is 4.02. The number of anilines is 2. The zero-order chi connectivity index (χ0) is 20.3. The normalized spacial score (nSPS) is 10.8. The zero-order valence-corrected chi connectivity index (χ0v) is 17.0. The summed E-state index contributed by atoms with van der Waals surface area (Å²) in [6.07, 6.45) is 0. The molecule has 5 rings (SSSR count). The smallest absolute Gasteiger partial charge is 0.0414 e. The highest BCUT2D eigenvalue weighted by atomic mass is 15.1. The average molecular weight is 386 g/mol. The van der Waals surface area contributed by atoms with E-state index in [0.717, 1.165) is 0 Å². The maximum absolute atomic E-state index is 2.27. The predicted octanol–water partition coefficient (Wildman–Crippen LogP) is 7.94. The largest absolute Gasteiger partial charge is 0.345 e. The average Bonchev–Trinajstić information content (AvgIpc) is 2.84. The molecule has 0 bridgehead atoms. The van der Waals surface area contributed by atoms with E-state index in [1.165, 1.54) is 44.4 Å². The lowest BCUT2D eigenvalue weighted by Gasteiger charge is -2.21. The second-order valence-corrected chi connectivity index (χ2v) is 7.55. The minimum Gasteiger partial charge on any atom is -0.345 e. The Morgan fingerprint density at radius 1 is 0.467 bits per heavy atom. The molecule has 5 aromatic rings. The van der Waals surface area contributed by atoms with Gasteiger partial charge in [-0.25, -0.2) is 0 Å². The van der Waals surface area contributed by atoms with Crippen molar-refractivity contribution in [2.24, 2.45) is 0 Å². The first-order valence-electron chi connectivity index (χ1n) is 10.3. The third kappa shape index (κ3) is 3.46. The standard InChI is InChI=1S/C29H23N/c1-30(26-19-17-23(18-20-26)22-9-3-2-4-10-22)27-14-7-13-25(21-27)29-16-8-12-24-11-5-6-15-28(24)29/h2-21H,1H3. The Balaban J connectivity index is 1.48. The molecule has 0 unspecified atom stereocenters. The van der Waals surface area contributed by atoms with Crippen LogP contribution in [0, 0.1) is 0 Å². The van der Waals surface area contributed by atoms with Gasteiger partial charge in [-0.1, -0.05) is 97.1 Å². The molecule has 0 aliphatic carbocycles. The van der Waals surface area contributed by atoms with E-state index < -0.39 is 0 Å². The summed E-state index contributed by atoms with van der Waals surface area (Å²) in [6.45, 7) is 0. The topological polar surface area (TPSA) is 3.24 Å². The highest BCUT2D eigenvalue weighted by Crippen LogP contribution is 2.33. The van der Waals surface area contributed by atoms with Gasteiger partial charge in [0.1, 0.15) is 0 Å². The molecule has 0 aliphatic heterocycles. The van der Waals surface area contributed by atoms with Gasteiger partial charge in [-0.15, -0.1) is 0 Å². The minimum atomic E-state index is 1.17. The van der Waals surface area contributed by atoms with Gasteiger partial charge in [0.05, 0.1) is 0 Å². The van der Waals surface area contributed by atoms with Crippen LogP contribution in [0.25, 0.3) is 33.0 Å². The third-order valence-electron chi connectivity index (χ3n) is 5.70. The number of fused-ring (bicyclic) bond motifs is 1. The maximum atomic E-state index is 2.27. The van der Waals surface area contributed by atoms with Gasteiger partial charge in [0.25, 0.3) is 0 Å². The first-order valence-corrected chi connectivity index (χ1v) is 10.3. The van der Waals surface area contributed by atoms with E-state index in [1.54, 1.807) is 0 Å². The van der Waals surface area contributed by atoms with Crippen LogP contribution >= 0.6 is 0 Å². The predicted molar refractivity (Wildman–Crippen MR) is 129 cm³/mol. The fourth-order valence-electron chi connectivity index (χ4n) is 4.02. The Morgan fingerprint density at radius 3 is 1.93 bits per heavy atom. The quantitative estimate of drug-likeness (QED) is 0.303. The molecular weight excluding hydrogens is 362 g/mol. The van der Waals surface area contributed by atoms with Gasteiger partial charge in [-0.05, 0) is 57.3 Å². The van der Waals surface area contributed by atoms with Gasteiger partial charge in [0.15, 0.2) is 0 Å². The summed E-state index contributed by atoms with van der Waals surface area (Å²) >= 11 is 0. The van der Waals surface area contributed by atoms with E-state index in [1.807, 2.05) is 0 Å². The summed E-state index contributed by atoms with van der Waals surface area (Å²) in [7, 11) is 2.12. The second-order valence-electron chi connectivity index (χ2n) is 7.55. The second kappa shape index (κ2) is 7.88. The van der Waals surface area contributed by atoms with Crippen LogP contribution in [0.2, 0.25) is 0 Å². The van der Waals surface area contributed by atoms with E-state index in [9.17, 15) is 0 Å². The van der Waals surface area contributed by atoms with Crippen molar-refractivity contribution in [2.45, 2.75) is 0 Å². The molecule has 0 saturated carbocycles. The van der Waals surface area contributed by atoms with Crippen LogP contribution in [0.1, 0.15) is 0 Å². The highest BCUT2D eigenvalue weighted by Gasteiger charge is 2.08. The number of rotatable bonds is 4. The molecule has 0 radical (unpaired) electrons. The van der Waals surface area contributed by atoms with Crippen LogP contribution in [0.5, 0.6) is 0 Å². The molecule has 144 valence electrons. The minimum absolute atomic E-state index is 1.17. The highest BCUT2D eigenvalue weighted by molar-refractivity contribution is 5.97. The molecule has 0 atom stereocenters. The molecule has 0 N–H and O–H groups in total. The Bertz CT molecular complexity index is 1280. The summed E-state index contributed by atoms with van der Waals surface area (Å²) in [4.78, 5) is 2.24. The lowest BCUT2D eigenvalue weighted by Crippen LogP contribution is -2.09. The molecule has 0 saturated heterocycles. The van der Waals surface area contributed by atoms with Crippen LogP contribution in [0.4, 0.5) is 11.4 Å². The Hall–Kier alpha value is -3.84. The summed E-state index contributed by atoms with van der Waals surface area (Å²) < 4.78 is 0. The molecule has 0 amide bonds. The number of hydrogen-bond donors (Lipinski definition) is 0. The van der Waals surface area contributed by atoms with Crippen molar-refractivity contribution in [1.29, 1.82) is 0 Å². The first kappa shape index (κ1) is 18.2. The van der Waals surface area contributed by atoms with E-state index in [0.29, 0.717) is 0 Å². The molecule has 30 heavy (non-hydrogen) atoms. The summed E-state index contributed by atoms with van der Waals surface area (Å²) in [6, 6.07) is 43.1. The van der Waals surface area contributed by atoms with Crippen molar-refractivity contribution in [3.63, 3.8) is 0 Å². The molecule has 1 heteroatoms. The van der Waals surface area contributed by atoms with Crippen LogP contribution in [-0.2, 0) is 0 Å². The number of nitrogens with zero attached hydrogens (tertiary/aromatic N) is 1. The SMILES string of the molecule is CN(c1ccc(-c2ccccc2)cc1)c1cccc(-c2cccc3ccccc23)c1. The van der Waals surface area contributed by atoms with Gasteiger partial charge >= 0.3 is 0 Å². The third-order valence-corrected chi connectivity index (χ3v) is 5.70. The van der Waals surface area contributed by atoms with Crippen LogP contribution in [0.15, 0.2) is 121 Å². The number of hydrogen-bond acceptors (Lipinski definition) is 1. The van der Waals surface area contributed by atoms with Gasteiger partial charge < -0.3 is 4.90 Å². The fraction of sp³-hybridized carbons (Fsp3) is 0.0345. The van der Waals surface area contributed by atoms with Gasteiger partial charge in [0.2, 0.25) is 0 Å². The van der Waals surface area contributed by atoms with Crippen molar-refractivity contribution >= 4 is 22.1 Å². The van der Waals surface area contributed by atoms with Crippen molar-refractivity contribution in [3.05, 3.63) is 121 Å².